The summed E-state index contributed by atoms with van der Waals surface area (Å²) in [6.07, 6.45) is -4.64. The molecule has 1 aliphatic carbocycles. The van der Waals surface area contributed by atoms with E-state index in [-0.39, 0.29) is 11.3 Å². The first kappa shape index (κ1) is 24.6. The number of carbonyl (C=O) groups is 1. The quantitative estimate of drug-likeness (QED) is 0.400. The van der Waals surface area contributed by atoms with Gasteiger partial charge in [-0.15, -0.1) is 0 Å². The molecule has 7 heteroatoms. The van der Waals surface area contributed by atoms with Gasteiger partial charge in [-0.3, -0.25) is 0 Å². The molecule has 0 aliphatic heterocycles. The van der Waals surface area contributed by atoms with Crippen LogP contribution in [0.3, 0.4) is 0 Å². The molecule has 4 rings (SSSR count). The highest BCUT2D eigenvalue weighted by molar-refractivity contribution is 5.72. The number of alkyl halides is 3. The third kappa shape index (κ3) is 5.14. The van der Waals surface area contributed by atoms with Gasteiger partial charge in [0.15, 0.2) is 0 Å². The normalized spacial score (nSPS) is 19.8. The van der Waals surface area contributed by atoms with Crippen molar-refractivity contribution >= 4 is 6.09 Å². The molecule has 35 heavy (non-hydrogen) atoms. The fourth-order valence-corrected chi connectivity index (χ4v) is 4.60. The van der Waals surface area contributed by atoms with Crippen molar-refractivity contribution < 1.29 is 27.4 Å². The number of rotatable bonds is 6. The van der Waals surface area contributed by atoms with Crippen molar-refractivity contribution in [3.8, 4) is 16.9 Å². The fraction of sp³-hybridized carbons (Fsp3) is 0.321. The molecule has 0 spiro atoms. The second kappa shape index (κ2) is 8.95. The van der Waals surface area contributed by atoms with E-state index in [4.69, 9.17) is 15.2 Å². The number of primary amides is 1. The van der Waals surface area contributed by atoms with Gasteiger partial charge in [0, 0.05) is 16.9 Å². The van der Waals surface area contributed by atoms with Crippen LogP contribution in [0.25, 0.3) is 11.1 Å². The molecule has 1 amide bonds. The van der Waals surface area contributed by atoms with E-state index in [9.17, 15) is 18.0 Å². The number of carbonyl (C=O) groups excluding carboxylic acids is 1. The molecule has 2 atom stereocenters. The summed E-state index contributed by atoms with van der Waals surface area (Å²) in [4.78, 5) is 11.6. The van der Waals surface area contributed by atoms with Crippen molar-refractivity contribution in [2.45, 2.75) is 51.5 Å². The van der Waals surface area contributed by atoms with Crippen molar-refractivity contribution in [3.05, 3.63) is 89.5 Å². The lowest BCUT2D eigenvalue weighted by molar-refractivity contribution is -0.137. The van der Waals surface area contributed by atoms with Gasteiger partial charge in [-0.1, -0.05) is 69.3 Å². The summed E-state index contributed by atoms with van der Waals surface area (Å²) in [5.74, 6) is 0.460. The Labute approximate surface area is 202 Å². The average molecular weight is 484 g/mol. The molecule has 2 unspecified atom stereocenters. The van der Waals surface area contributed by atoms with Crippen molar-refractivity contribution in [1.29, 1.82) is 0 Å². The highest BCUT2D eigenvalue weighted by atomic mass is 19.4. The van der Waals surface area contributed by atoms with Crippen LogP contribution in [-0.4, -0.2) is 11.7 Å². The zero-order valence-electron chi connectivity index (χ0n) is 19.9. The Morgan fingerprint density at radius 1 is 1.00 bits per heavy atom. The second-order valence-electron chi connectivity index (χ2n) is 9.92. The van der Waals surface area contributed by atoms with Crippen LogP contribution in [0, 0.1) is 5.41 Å². The molecule has 4 nitrogen and oxygen atoms in total. The average Bonchev–Trinajstić information content (AvgIpc) is 3.53. The van der Waals surface area contributed by atoms with Gasteiger partial charge in [0.25, 0.3) is 0 Å². The summed E-state index contributed by atoms with van der Waals surface area (Å²) in [6.45, 7) is 6.28. The van der Waals surface area contributed by atoms with Crippen LogP contribution >= 0.6 is 0 Å². The number of ether oxygens (including phenoxy) is 2. The Kier molecular flexibility index (Phi) is 6.30. The monoisotopic (exact) mass is 483 g/mol. The van der Waals surface area contributed by atoms with Crippen molar-refractivity contribution in [2.75, 3.05) is 0 Å². The fourth-order valence-electron chi connectivity index (χ4n) is 4.60. The zero-order chi connectivity index (χ0) is 25.4. The van der Waals surface area contributed by atoms with Gasteiger partial charge < -0.3 is 15.2 Å². The Morgan fingerprint density at radius 3 is 2.23 bits per heavy atom. The number of benzene rings is 3. The van der Waals surface area contributed by atoms with Crippen LogP contribution in [0.4, 0.5) is 18.0 Å². The molecule has 0 saturated heterocycles. The topological polar surface area (TPSA) is 61.5 Å². The standard InChI is InChI=1S/C28H28F3NO3/c1-26(2,3)27(35-25(32)33)16-23(27)20-11-14-24(34-17-18-7-5-4-6-8-18)22(15-20)19-9-12-21(13-10-19)28(29,30)31/h4-15,23H,16-17H2,1-3H3,(H2,32,33). The third-order valence-corrected chi connectivity index (χ3v) is 6.63. The molecule has 0 bridgehead atoms. The first-order valence-electron chi connectivity index (χ1n) is 11.4. The van der Waals surface area contributed by atoms with E-state index in [1.165, 1.54) is 12.1 Å². The zero-order valence-corrected chi connectivity index (χ0v) is 19.9. The molecule has 1 saturated carbocycles. The molecule has 1 fully saturated rings. The molecule has 0 aromatic heterocycles. The van der Waals surface area contributed by atoms with Gasteiger partial charge in [-0.2, -0.15) is 13.2 Å². The van der Waals surface area contributed by atoms with Gasteiger partial charge >= 0.3 is 12.3 Å². The number of nitrogens with two attached hydrogens (primary N) is 1. The minimum atomic E-state index is -4.42. The van der Waals surface area contributed by atoms with E-state index >= 15 is 0 Å². The molecule has 1 aliphatic rings. The molecule has 0 heterocycles. The minimum absolute atomic E-state index is 0.0913. The number of amides is 1. The summed E-state index contributed by atoms with van der Waals surface area (Å²) in [7, 11) is 0. The van der Waals surface area contributed by atoms with Crippen LogP contribution < -0.4 is 10.5 Å². The predicted molar refractivity (Wildman–Crippen MR) is 128 cm³/mol. The Hall–Kier alpha value is -3.48. The van der Waals surface area contributed by atoms with Gasteiger partial charge in [0.1, 0.15) is 18.0 Å². The van der Waals surface area contributed by atoms with Crippen LogP contribution in [0.2, 0.25) is 0 Å². The maximum absolute atomic E-state index is 13.1. The summed E-state index contributed by atoms with van der Waals surface area (Å²) in [5, 5.41) is 0. The van der Waals surface area contributed by atoms with E-state index < -0.39 is 23.4 Å². The molecule has 184 valence electrons. The van der Waals surface area contributed by atoms with Gasteiger partial charge in [0.2, 0.25) is 0 Å². The summed E-state index contributed by atoms with van der Waals surface area (Å²) < 4.78 is 51.0. The molecule has 2 N–H and O–H groups in total. The maximum Gasteiger partial charge on any atom is 0.416 e. The Morgan fingerprint density at radius 2 is 1.66 bits per heavy atom. The predicted octanol–water partition coefficient (Wildman–Crippen LogP) is 7.32. The van der Waals surface area contributed by atoms with Gasteiger partial charge in [-0.05, 0) is 47.4 Å². The van der Waals surface area contributed by atoms with E-state index in [0.29, 0.717) is 29.9 Å². The largest absolute Gasteiger partial charge is 0.488 e. The van der Waals surface area contributed by atoms with Crippen molar-refractivity contribution in [1.82, 2.24) is 0 Å². The second-order valence-corrected chi connectivity index (χ2v) is 9.92. The van der Waals surface area contributed by atoms with Gasteiger partial charge in [-0.25, -0.2) is 4.79 Å². The number of hydrogen-bond donors (Lipinski definition) is 1. The van der Waals surface area contributed by atoms with Crippen LogP contribution in [0.5, 0.6) is 5.75 Å². The molecule has 0 radical (unpaired) electrons. The summed E-state index contributed by atoms with van der Waals surface area (Å²) in [5.41, 5.74) is 6.69. The highest BCUT2D eigenvalue weighted by Gasteiger charge is 2.65. The first-order valence-corrected chi connectivity index (χ1v) is 11.4. The highest BCUT2D eigenvalue weighted by Crippen LogP contribution is 2.63. The van der Waals surface area contributed by atoms with Crippen LogP contribution in [0.15, 0.2) is 72.8 Å². The maximum atomic E-state index is 13.1. The molecular weight excluding hydrogens is 455 g/mol. The first-order chi connectivity index (χ1) is 16.4. The van der Waals surface area contributed by atoms with Gasteiger partial charge in [0.05, 0.1) is 5.56 Å². The van der Waals surface area contributed by atoms with E-state index in [1.54, 1.807) is 0 Å². The molecule has 3 aromatic rings. The lowest BCUT2D eigenvalue weighted by Crippen LogP contribution is -2.37. The van der Waals surface area contributed by atoms with E-state index in [0.717, 1.165) is 23.3 Å². The summed E-state index contributed by atoms with van der Waals surface area (Å²) in [6, 6.07) is 20.3. The smallest absolute Gasteiger partial charge is 0.416 e. The molecular formula is C28H28F3NO3. The lowest BCUT2D eigenvalue weighted by atomic mass is 9.83. The minimum Gasteiger partial charge on any atom is -0.488 e. The lowest BCUT2D eigenvalue weighted by Gasteiger charge is -2.31. The Balaban J connectivity index is 1.71. The third-order valence-electron chi connectivity index (χ3n) is 6.63. The van der Waals surface area contributed by atoms with Crippen molar-refractivity contribution in [2.24, 2.45) is 11.1 Å². The van der Waals surface area contributed by atoms with Crippen LogP contribution in [0.1, 0.15) is 49.8 Å². The van der Waals surface area contributed by atoms with Crippen molar-refractivity contribution in [3.63, 3.8) is 0 Å². The SMILES string of the molecule is CC(C)(C)C1(OC(N)=O)CC1c1ccc(OCc2ccccc2)c(-c2ccc(C(F)(F)F)cc2)c1. The summed E-state index contributed by atoms with van der Waals surface area (Å²) >= 11 is 0. The van der Waals surface area contributed by atoms with Crippen LogP contribution in [-0.2, 0) is 17.5 Å². The van der Waals surface area contributed by atoms with E-state index in [2.05, 4.69) is 0 Å². The van der Waals surface area contributed by atoms with E-state index in [1.807, 2.05) is 69.3 Å². The molecule has 3 aromatic carbocycles. The number of hydrogen-bond acceptors (Lipinski definition) is 3. The number of halogens is 3. The Bertz CT molecular complexity index is 1200.